The Labute approximate surface area is 183 Å². The van der Waals surface area contributed by atoms with Crippen molar-refractivity contribution in [1.29, 1.82) is 0 Å². The fourth-order valence-corrected chi connectivity index (χ4v) is 4.19. The van der Waals surface area contributed by atoms with Crippen molar-refractivity contribution in [3.63, 3.8) is 0 Å². The minimum absolute atomic E-state index is 0.0334. The van der Waals surface area contributed by atoms with Crippen LogP contribution in [0, 0.1) is 19.8 Å². The molecule has 1 saturated heterocycles. The average molecular weight is 419 g/mol. The topological polar surface area (TPSA) is 71.3 Å². The quantitative estimate of drug-likeness (QED) is 0.625. The van der Waals surface area contributed by atoms with E-state index in [9.17, 15) is 4.79 Å². The van der Waals surface area contributed by atoms with Crippen molar-refractivity contribution in [1.82, 2.24) is 15.0 Å². The van der Waals surface area contributed by atoms with Crippen molar-refractivity contribution in [2.75, 3.05) is 18.4 Å². The van der Waals surface area contributed by atoms with Crippen molar-refractivity contribution in [3.8, 4) is 11.4 Å². The van der Waals surface area contributed by atoms with Gasteiger partial charge in [-0.2, -0.15) is 4.98 Å². The Balaban J connectivity index is 1.32. The van der Waals surface area contributed by atoms with Crippen LogP contribution in [0.4, 0.5) is 5.69 Å². The Morgan fingerprint density at radius 2 is 1.94 bits per heavy atom. The van der Waals surface area contributed by atoms with E-state index in [1.54, 1.807) is 0 Å². The highest BCUT2D eigenvalue weighted by atomic mass is 16.5. The van der Waals surface area contributed by atoms with Crippen molar-refractivity contribution in [2.24, 2.45) is 5.92 Å². The molecule has 1 aliphatic rings. The molecule has 6 nitrogen and oxygen atoms in total. The van der Waals surface area contributed by atoms with E-state index in [2.05, 4.69) is 39.4 Å². The second kappa shape index (κ2) is 9.43. The van der Waals surface area contributed by atoms with Crippen LogP contribution < -0.4 is 5.32 Å². The summed E-state index contributed by atoms with van der Waals surface area (Å²) in [5.74, 6) is 1.40. The number of amides is 1. The summed E-state index contributed by atoms with van der Waals surface area (Å²) in [6, 6.07) is 14.3. The number of piperidine rings is 1. The lowest BCUT2D eigenvalue weighted by molar-refractivity contribution is -0.121. The van der Waals surface area contributed by atoms with Crippen molar-refractivity contribution < 1.29 is 9.32 Å². The molecule has 4 rings (SSSR count). The van der Waals surface area contributed by atoms with Gasteiger partial charge in [0.05, 0.1) is 6.54 Å². The molecule has 3 aromatic rings. The normalized spacial score (nSPS) is 15.2. The number of rotatable bonds is 6. The molecule has 0 spiro atoms. The SMILES string of the molecule is CCc1cccc(C)c1NC(=O)C1CCN(Cc2nc(-c3cccc(C)c3)no2)CC1. The van der Waals surface area contributed by atoms with Gasteiger partial charge in [0.2, 0.25) is 17.6 Å². The van der Waals surface area contributed by atoms with Crippen LogP contribution in [0.25, 0.3) is 11.4 Å². The Morgan fingerprint density at radius 3 is 2.68 bits per heavy atom. The van der Waals surface area contributed by atoms with E-state index < -0.39 is 0 Å². The first-order chi connectivity index (χ1) is 15.0. The molecule has 2 aromatic carbocycles. The van der Waals surface area contributed by atoms with Gasteiger partial charge in [-0.05, 0) is 63.4 Å². The molecule has 1 aliphatic heterocycles. The standard InChI is InChI=1S/C25H30N4O2/c1-4-19-9-6-8-18(3)23(19)27-25(30)20-11-13-29(14-12-20)16-22-26-24(28-31-22)21-10-5-7-17(2)15-21/h5-10,15,20H,4,11-14,16H2,1-3H3,(H,27,30). The first kappa shape index (κ1) is 21.2. The van der Waals surface area contributed by atoms with Gasteiger partial charge in [0, 0.05) is 17.2 Å². The molecular formula is C25H30N4O2. The lowest BCUT2D eigenvalue weighted by Crippen LogP contribution is -2.38. The van der Waals surface area contributed by atoms with Crippen LogP contribution in [0.2, 0.25) is 0 Å². The van der Waals surface area contributed by atoms with Crippen LogP contribution in [-0.4, -0.2) is 34.0 Å². The molecule has 6 heteroatoms. The zero-order valence-corrected chi connectivity index (χ0v) is 18.5. The summed E-state index contributed by atoms with van der Waals surface area (Å²) in [6.07, 6.45) is 2.57. The first-order valence-electron chi connectivity index (χ1n) is 11.0. The maximum atomic E-state index is 12.9. The van der Waals surface area contributed by atoms with Gasteiger partial charge >= 0.3 is 0 Å². The van der Waals surface area contributed by atoms with E-state index in [-0.39, 0.29) is 11.8 Å². The molecular weight excluding hydrogens is 388 g/mol. The molecule has 0 aliphatic carbocycles. The fraction of sp³-hybridized carbons (Fsp3) is 0.400. The summed E-state index contributed by atoms with van der Waals surface area (Å²) >= 11 is 0. The van der Waals surface area contributed by atoms with Gasteiger partial charge in [-0.25, -0.2) is 0 Å². The lowest BCUT2D eigenvalue weighted by Gasteiger charge is -2.30. The molecule has 2 heterocycles. The third-order valence-electron chi connectivity index (χ3n) is 6.05. The molecule has 0 saturated carbocycles. The van der Waals surface area contributed by atoms with E-state index in [1.165, 1.54) is 11.1 Å². The number of hydrogen-bond acceptors (Lipinski definition) is 5. The number of carbonyl (C=O) groups excluding carboxylic acids is 1. The second-order valence-electron chi connectivity index (χ2n) is 8.38. The number of likely N-dealkylation sites (tertiary alicyclic amines) is 1. The molecule has 31 heavy (non-hydrogen) atoms. The van der Waals surface area contributed by atoms with E-state index >= 15 is 0 Å². The number of para-hydroxylation sites is 1. The minimum Gasteiger partial charge on any atom is -0.338 e. The highest BCUT2D eigenvalue weighted by Gasteiger charge is 2.26. The summed E-state index contributed by atoms with van der Waals surface area (Å²) in [5.41, 5.74) is 5.42. The van der Waals surface area contributed by atoms with Crippen LogP contribution >= 0.6 is 0 Å². The molecule has 1 amide bonds. The predicted molar refractivity (Wildman–Crippen MR) is 122 cm³/mol. The number of hydrogen-bond donors (Lipinski definition) is 1. The molecule has 0 bridgehead atoms. The maximum Gasteiger partial charge on any atom is 0.241 e. The molecule has 1 aromatic heterocycles. The molecule has 0 radical (unpaired) electrons. The van der Waals surface area contributed by atoms with Crippen LogP contribution in [-0.2, 0) is 17.8 Å². The van der Waals surface area contributed by atoms with Crippen LogP contribution in [0.3, 0.4) is 0 Å². The number of benzene rings is 2. The number of aromatic nitrogens is 2. The molecule has 0 unspecified atom stereocenters. The second-order valence-corrected chi connectivity index (χ2v) is 8.38. The first-order valence-corrected chi connectivity index (χ1v) is 11.0. The predicted octanol–water partition coefficient (Wildman–Crippen LogP) is 4.77. The van der Waals surface area contributed by atoms with E-state index in [0.29, 0.717) is 18.3 Å². The van der Waals surface area contributed by atoms with Gasteiger partial charge < -0.3 is 9.84 Å². The largest absolute Gasteiger partial charge is 0.338 e. The monoisotopic (exact) mass is 418 g/mol. The van der Waals surface area contributed by atoms with Crippen molar-refractivity contribution in [3.05, 3.63) is 65.0 Å². The van der Waals surface area contributed by atoms with Gasteiger partial charge in [-0.15, -0.1) is 0 Å². The highest BCUT2D eigenvalue weighted by Crippen LogP contribution is 2.25. The van der Waals surface area contributed by atoms with Gasteiger partial charge in [0.15, 0.2) is 0 Å². The number of nitrogens with zero attached hydrogens (tertiary/aromatic N) is 3. The average Bonchev–Trinajstić information content (AvgIpc) is 3.24. The van der Waals surface area contributed by atoms with Gasteiger partial charge in [0.25, 0.3) is 0 Å². The Kier molecular flexibility index (Phi) is 6.47. The molecule has 1 N–H and O–H groups in total. The highest BCUT2D eigenvalue weighted by molar-refractivity contribution is 5.94. The minimum atomic E-state index is 0.0334. The van der Waals surface area contributed by atoms with Gasteiger partial charge in [-0.3, -0.25) is 9.69 Å². The summed E-state index contributed by atoms with van der Waals surface area (Å²) in [4.78, 5) is 19.7. The molecule has 0 atom stereocenters. The zero-order chi connectivity index (χ0) is 21.8. The molecule has 162 valence electrons. The fourth-order valence-electron chi connectivity index (χ4n) is 4.19. The van der Waals surface area contributed by atoms with Crippen LogP contribution in [0.15, 0.2) is 47.0 Å². The van der Waals surface area contributed by atoms with E-state index in [0.717, 1.165) is 49.2 Å². The summed E-state index contributed by atoms with van der Waals surface area (Å²) in [5, 5.41) is 7.32. The van der Waals surface area contributed by atoms with Crippen molar-refractivity contribution >= 4 is 11.6 Å². The van der Waals surface area contributed by atoms with Gasteiger partial charge in [0.1, 0.15) is 0 Å². The zero-order valence-electron chi connectivity index (χ0n) is 18.5. The number of aryl methyl sites for hydroxylation is 3. The third kappa shape index (κ3) is 5.02. The van der Waals surface area contributed by atoms with Gasteiger partial charge in [-0.1, -0.05) is 54.0 Å². The lowest BCUT2D eigenvalue weighted by atomic mass is 9.95. The maximum absolute atomic E-state index is 12.9. The number of anilines is 1. The van der Waals surface area contributed by atoms with Crippen molar-refractivity contribution in [2.45, 2.75) is 46.6 Å². The smallest absolute Gasteiger partial charge is 0.241 e. The Bertz CT molecular complexity index is 1050. The summed E-state index contributed by atoms with van der Waals surface area (Å²) in [6.45, 7) is 8.51. The van der Waals surface area contributed by atoms with E-state index in [1.807, 2.05) is 44.2 Å². The third-order valence-corrected chi connectivity index (χ3v) is 6.05. The number of carbonyl (C=O) groups is 1. The summed E-state index contributed by atoms with van der Waals surface area (Å²) in [7, 11) is 0. The van der Waals surface area contributed by atoms with Crippen LogP contribution in [0.5, 0.6) is 0 Å². The van der Waals surface area contributed by atoms with Crippen LogP contribution in [0.1, 0.15) is 42.3 Å². The Morgan fingerprint density at radius 1 is 1.16 bits per heavy atom. The molecule has 1 fully saturated rings. The van der Waals surface area contributed by atoms with E-state index in [4.69, 9.17) is 4.52 Å². The number of nitrogens with one attached hydrogen (secondary N) is 1. The Hall–Kier alpha value is -2.99. The summed E-state index contributed by atoms with van der Waals surface area (Å²) < 4.78 is 5.47.